The normalized spacial score (nSPS) is 16.0. The van der Waals surface area contributed by atoms with Crippen molar-refractivity contribution in [1.29, 1.82) is 0 Å². The molecule has 1 heterocycles. The number of carbonyl (C=O) groups is 2. The Morgan fingerprint density at radius 2 is 1.42 bits per heavy atom. The highest BCUT2D eigenvalue weighted by atomic mass is 16.5. The Morgan fingerprint density at radius 3 is 2.07 bits per heavy atom. The van der Waals surface area contributed by atoms with Crippen molar-refractivity contribution < 1.29 is 28.9 Å². The van der Waals surface area contributed by atoms with Gasteiger partial charge in [0.25, 0.3) is 11.7 Å². The van der Waals surface area contributed by atoms with Crippen molar-refractivity contribution in [2.24, 2.45) is 0 Å². The van der Waals surface area contributed by atoms with Crippen LogP contribution < -0.4 is 9.47 Å². The minimum absolute atomic E-state index is 0.0498. The minimum atomic E-state index is -0.753. The zero-order chi connectivity index (χ0) is 30.2. The third-order valence-electron chi connectivity index (χ3n) is 7.35. The van der Waals surface area contributed by atoms with Crippen LogP contribution in [0, 0.1) is 6.92 Å². The summed E-state index contributed by atoms with van der Waals surface area (Å²) in [5.74, 6) is -0.313. The lowest BCUT2D eigenvalue weighted by Gasteiger charge is -2.25. The van der Waals surface area contributed by atoms with Gasteiger partial charge in [-0.05, 0) is 66.4 Å². The fraction of sp³-hybridized carbons (Fsp3) is 0.222. The molecule has 1 atom stereocenters. The van der Waals surface area contributed by atoms with Gasteiger partial charge in [0.2, 0.25) is 0 Å². The zero-order valence-corrected chi connectivity index (χ0v) is 24.4. The molecule has 0 aliphatic carbocycles. The lowest BCUT2D eigenvalue weighted by atomic mass is 9.95. The first kappa shape index (κ1) is 29.6. The number of nitrogens with zero attached hydrogens (tertiary/aromatic N) is 1. The Balaban J connectivity index is 1.39. The third kappa shape index (κ3) is 7.13. The van der Waals surface area contributed by atoms with Gasteiger partial charge in [-0.2, -0.15) is 0 Å². The molecule has 1 aliphatic rings. The number of ether oxygens (including phenoxy) is 3. The van der Waals surface area contributed by atoms with Crippen molar-refractivity contribution in [3.63, 3.8) is 0 Å². The lowest BCUT2D eigenvalue weighted by Crippen LogP contribution is -2.31. The van der Waals surface area contributed by atoms with E-state index in [1.54, 1.807) is 31.4 Å². The van der Waals surface area contributed by atoms with Crippen molar-refractivity contribution >= 4 is 17.4 Å². The Bertz CT molecular complexity index is 1580. The quantitative estimate of drug-likeness (QED) is 0.0883. The molecule has 0 spiro atoms. The van der Waals surface area contributed by atoms with Gasteiger partial charge >= 0.3 is 0 Å². The van der Waals surface area contributed by atoms with Gasteiger partial charge in [0.15, 0.2) is 0 Å². The van der Waals surface area contributed by atoms with Gasteiger partial charge in [-0.1, -0.05) is 72.3 Å². The Morgan fingerprint density at radius 1 is 0.791 bits per heavy atom. The van der Waals surface area contributed by atoms with Crippen molar-refractivity contribution in [3.8, 4) is 11.5 Å². The van der Waals surface area contributed by atoms with Gasteiger partial charge in [-0.15, -0.1) is 0 Å². The van der Waals surface area contributed by atoms with Crippen LogP contribution in [0.25, 0.3) is 5.76 Å². The summed E-state index contributed by atoms with van der Waals surface area (Å²) in [4.78, 5) is 28.0. The summed E-state index contributed by atoms with van der Waals surface area (Å²) in [7, 11) is 1.59. The number of aryl methyl sites for hydroxylation is 1. The molecule has 7 nitrogen and oxygen atoms in total. The van der Waals surface area contributed by atoms with Crippen molar-refractivity contribution in [2.75, 3.05) is 20.3 Å². The number of carbonyl (C=O) groups excluding carboxylic acids is 2. The smallest absolute Gasteiger partial charge is 0.295 e. The maximum atomic E-state index is 13.3. The van der Waals surface area contributed by atoms with E-state index in [1.165, 1.54) is 4.90 Å². The van der Waals surface area contributed by atoms with Gasteiger partial charge in [-0.25, -0.2) is 0 Å². The average Bonchev–Trinajstić information content (AvgIpc) is 3.29. The topological polar surface area (TPSA) is 85.3 Å². The molecule has 4 aromatic carbocycles. The van der Waals surface area contributed by atoms with Crippen LogP contribution in [0.3, 0.4) is 0 Å². The third-order valence-corrected chi connectivity index (χ3v) is 7.35. The van der Waals surface area contributed by atoms with E-state index in [0.29, 0.717) is 55.4 Å². The van der Waals surface area contributed by atoms with Crippen LogP contribution in [0.1, 0.15) is 40.3 Å². The molecule has 43 heavy (non-hydrogen) atoms. The van der Waals surface area contributed by atoms with E-state index in [9.17, 15) is 14.7 Å². The Labute approximate surface area is 252 Å². The average molecular weight is 578 g/mol. The van der Waals surface area contributed by atoms with Crippen LogP contribution >= 0.6 is 0 Å². The summed E-state index contributed by atoms with van der Waals surface area (Å²) < 4.78 is 17.0. The minimum Gasteiger partial charge on any atom is -0.507 e. The maximum absolute atomic E-state index is 13.3. The van der Waals surface area contributed by atoms with E-state index >= 15 is 0 Å². The monoisotopic (exact) mass is 577 g/mol. The van der Waals surface area contributed by atoms with Crippen LogP contribution in [-0.4, -0.2) is 42.0 Å². The van der Waals surface area contributed by atoms with E-state index in [1.807, 2.05) is 79.7 Å². The molecule has 220 valence electrons. The summed E-state index contributed by atoms with van der Waals surface area (Å²) in [5, 5.41) is 11.4. The summed E-state index contributed by atoms with van der Waals surface area (Å²) in [5.41, 5.74) is 4.42. The molecule has 1 fully saturated rings. The number of likely N-dealkylation sites (tertiary alicyclic amines) is 1. The molecular weight excluding hydrogens is 542 g/mol. The summed E-state index contributed by atoms with van der Waals surface area (Å²) in [6.45, 7) is 3.60. The van der Waals surface area contributed by atoms with Gasteiger partial charge in [-0.3, -0.25) is 9.59 Å². The van der Waals surface area contributed by atoms with Gasteiger partial charge in [0.05, 0.1) is 11.6 Å². The van der Waals surface area contributed by atoms with Gasteiger partial charge in [0, 0.05) is 25.8 Å². The Kier molecular flexibility index (Phi) is 9.54. The molecule has 0 aromatic heterocycles. The SMILES string of the molecule is COCCCN1C(=O)C(=O)/C(=C(/O)c2ccc(OCc3cccc(C)c3)cc2)C1c1ccc(OCc2ccccc2)cc1. The van der Waals surface area contributed by atoms with Crippen molar-refractivity contribution in [2.45, 2.75) is 32.6 Å². The predicted octanol–water partition coefficient (Wildman–Crippen LogP) is 6.61. The molecule has 1 unspecified atom stereocenters. The van der Waals surface area contributed by atoms with E-state index in [0.717, 1.165) is 16.7 Å². The number of benzene rings is 4. The number of hydrogen-bond donors (Lipinski definition) is 1. The van der Waals surface area contributed by atoms with Crippen LogP contribution in [0.2, 0.25) is 0 Å². The number of hydrogen-bond acceptors (Lipinski definition) is 6. The lowest BCUT2D eigenvalue weighted by molar-refractivity contribution is -0.140. The molecule has 4 aromatic rings. The first-order valence-electron chi connectivity index (χ1n) is 14.3. The summed E-state index contributed by atoms with van der Waals surface area (Å²) in [6, 6.07) is 31.3. The Hall–Kier alpha value is -4.88. The fourth-order valence-electron chi connectivity index (χ4n) is 5.16. The number of methoxy groups -OCH3 is 1. The number of rotatable bonds is 12. The second-order valence-corrected chi connectivity index (χ2v) is 10.5. The predicted molar refractivity (Wildman–Crippen MR) is 165 cm³/mol. The van der Waals surface area contributed by atoms with Crippen LogP contribution in [0.15, 0.2) is 109 Å². The maximum Gasteiger partial charge on any atom is 0.295 e. The number of aliphatic hydroxyl groups is 1. The summed E-state index contributed by atoms with van der Waals surface area (Å²) in [6.07, 6.45) is 0.547. The first-order chi connectivity index (χ1) is 20.9. The molecular formula is C36H35NO6. The highest BCUT2D eigenvalue weighted by Crippen LogP contribution is 2.40. The number of aliphatic hydroxyl groups excluding tert-OH is 1. The molecule has 5 rings (SSSR count). The largest absolute Gasteiger partial charge is 0.507 e. The van der Waals surface area contributed by atoms with Gasteiger partial charge in [0.1, 0.15) is 30.5 Å². The number of Topliss-reactive ketones (excluding diaryl/α,β-unsaturated/α-hetero) is 1. The highest BCUT2D eigenvalue weighted by molar-refractivity contribution is 6.46. The van der Waals surface area contributed by atoms with Crippen molar-refractivity contribution in [1.82, 2.24) is 4.90 Å². The number of amides is 1. The van der Waals surface area contributed by atoms with E-state index < -0.39 is 17.7 Å². The van der Waals surface area contributed by atoms with Crippen LogP contribution in [0.5, 0.6) is 11.5 Å². The summed E-state index contributed by atoms with van der Waals surface area (Å²) >= 11 is 0. The molecule has 1 amide bonds. The fourth-order valence-corrected chi connectivity index (χ4v) is 5.16. The molecule has 1 N–H and O–H groups in total. The van der Waals surface area contributed by atoms with Crippen LogP contribution in [-0.2, 0) is 27.5 Å². The van der Waals surface area contributed by atoms with E-state index in [2.05, 4.69) is 6.07 Å². The second-order valence-electron chi connectivity index (χ2n) is 10.5. The first-order valence-corrected chi connectivity index (χ1v) is 14.3. The second kappa shape index (κ2) is 13.9. The molecule has 0 saturated carbocycles. The molecule has 1 aliphatic heterocycles. The zero-order valence-electron chi connectivity index (χ0n) is 24.4. The molecule has 1 saturated heterocycles. The van der Waals surface area contributed by atoms with Crippen LogP contribution in [0.4, 0.5) is 0 Å². The van der Waals surface area contributed by atoms with E-state index in [-0.39, 0.29) is 11.3 Å². The van der Waals surface area contributed by atoms with Gasteiger partial charge < -0.3 is 24.2 Å². The molecule has 7 heteroatoms. The standard InChI is InChI=1S/C36H35NO6/c1-25-8-6-11-27(22-25)24-43-31-18-14-29(15-19-31)34(38)32-33(37(20-7-21-41-2)36(40)35(32)39)28-12-16-30(17-13-28)42-23-26-9-4-3-5-10-26/h3-6,8-19,22,33,38H,7,20-21,23-24H2,1-2H3/b34-32+. The highest BCUT2D eigenvalue weighted by Gasteiger charge is 2.45. The van der Waals surface area contributed by atoms with Crippen molar-refractivity contribution in [3.05, 3.63) is 137 Å². The number of ketones is 1. The van der Waals surface area contributed by atoms with E-state index in [4.69, 9.17) is 14.2 Å². The molecule has 0 radical (unpaired) electrons. The molecule has 0 bridgehead atoms.